The van der Waals surface area contributed by atoms with E-state index in [1.807, 2.05) is 6.07 Å². The first kappa shape index (κ1) is 13.2. The van der Waals surface area contributed by atoms with Crippen LogP contribution < -0.4 is 10.5 Å². The Labute approximate surface area is 110 Å². The van der Waals surface area contributed by atoms with Crippen molar-refractivity contribution in [2.45, 2.75) is 6.04 Å². The minimum Gasteiger partial charge on any atom is -0.497 e. The molecule has 0 radical (unpaired) electrons. The van der Waals surface area contributed by atoms with Crippen molar-refractivity contribution in [3.63, 3.8) is 0 Å². The Morgan fingerprint density at radius 3 is 2.47 bits per heavy atom. The van der Waals surface area contributed by atoms with Crippen molar-refractivity contribution in [3.8, 4) is 5.75 Å². The van der Waals surface area contributed by atoms with Gasteiger partial charge >= 0.3 is 0 Å². The maximum absolute atomic E-state index is 13.8. The molecule has 0 bridgehead atoms. The molecule has 0 saturated carbocycles. The van der Waals surface area contributed by atoms with Crippen molar-refractivity contribution in [2.75, 3.05) is 7.11 Å². The van der Waals surface area contributed by atoms with Crippen LogP contribution >= 0.6 is 0 Å². The predicted octanol–water partition coefficient (Wildman–Crippen LogP) is 2.72. The topological polar surface area (TPSA) is 52.3 Å². The molecule has 0 aromatic heterocycles. The SMILES string of the molecule is COc1ccc(C(=O)[C@H](N)c2ccccc2)c(F)c1. The highest BCUT2D eigenvalue weighted by atomic mass is 19.1. The molecule has 98 valence electrons. The van der Waals surface area contributed by atoms with Crippen LogP contribution in [-0.2, 0) is 0 Å². The number of nitrogens with two attached hydrogens (primary N) is 1. The van der Waals surface area contributed by atoms with Crippen molar-refractivity contribution in [1.29, 1.82) is 0 Å². The van der Waals surface area contributed by atoms with Crippen molar-refractivity contribution in [1.82, 2.24) is 0 Å². The smallest absolute Gasteiger partial charge is 0.186 e. The largest absolute Gasteiger partial charge is 0.497 e. The van der Waals surface area contributed by atoms with Gasteiger partial charge in [0, 0.05) is 6.07 Å². The predicted molar refractivity (Wildman–Crippen MR) is 70.7 cm³/mol. The number of ketones is 1. The van der Waals surface area contributed by atoms with Gasteiger partial charge in [0.2, 0.25) is 0 Å². The Balaban J connectivity index is 2.29. The van der Waals surface area contributed by atoms with Gasteiger partial charge in [-0.3, -0.25) is 4.79 Å². The molecule has 0 aliphatic heterocycles. The van der Waals surface area contributed by atoms with E-state index in [2.05, 4.69) is 0 Å². The van der Waals surface area contributed by atoms with Gasteiger partial charge in [-0.2, -0.15) is 0 Å². The van der Waals surface area contributed by atoms with Gasteiger partial charge in [0.1, 0.15) is 11.6 Å². The zero-order valence-corrected chi connectivity index (χ0v) is 10.5. The van der Waals surface area contributed by atoms with E-state index in [0.29, 0.717) is 11.3 Å². The summed E-state index contributed by atoms with van der Waals surface area (Å²) in [6.07, 6.45) is 0. The standard InChI is InChI=1S/C15H14FNO2/c1-19-11-7-8-12(13(16)9-11)15(18)14(17)10-5-3-2-4-6-10/h2-9,14H,17H2,1H3/t14-/m1/s1. The molecule has 19 heavy (non-hydrogen) atoms. The second-order valence-corrected chi connectivity index (χ2v) is 4.10. The van der Waals surface area contributed by atoms with Crippen molar-refractivity contribution >= 4 is 5.78 Å². The minimum absolute atomic E-state index is 0.0304. The lowest BCUT2D eigenvalue weighted by Crippen LogP contribution is -2.22. The summed E-state index contributed by atoms with van der Waals surface area (Å²) in [5, 5.41) is 0. The van der Waals surface area contributed by atoms with Crippen LogP contribution in [0.3, 0.4) is 0 Å². The average Bonchev–Trinajstić information content (AvgIpc) is 2.46. The average molecular weight is 259 g/mol. The molecule has 0 heterocycles. The van der Waals surface area contributed by atoms with E-state index in [9.17, 15) is 9.18 Å². The van der Waals surface area contributed by atoms with Gasteiger partial charge in [-0.05, 0) is 17.7 Å². The molecule has 4 heteroatoms. The lowest BCUT2D eigenvalue weighted by atomic mass is 9.98. The first-order valence-electron chi connectivity index (χ1n) is 5.81. The highest BCUT2D eigenvalue weighted by molar-refractivity contribution is 6.00. The number of hydrogen-bond donors (Lipinski definition) is 1. The summed E-state index contributed by atoms with van der Waals surface area (Å²) in [4.78, 5) is 12.2. The van der Waals surface area contributed by atoms with Crippen molar-refractivity contribution in [2.24, 2.45) is 5.73 Å². The quantitative estimate of drug-likeness (QED) is 0.859. The lowest BCUT2D eigenvalue weighted by molar-refractivity contribution is 0.0957. The van der Waals surface area contributed by atoms with Gasteiger partial charge in [0.05, 0.1) is 18.7 Å². The zero-order valence-electron chi connectivity index (χ0n) is 10.5. The molecule has 0 spiro atoms. The number of benzene rings is 2. The Kier molecular flexibility index (Phi) is 3.92. The maximum atomic E-state index is 13.8. The van der Waals surface area contributed by atoms with Gasteiger partial charge in [0.15, 0.2) is 5.78 Å². The highest BCUT2D eigenvalue weighted by Crippen LogP contribution is 2.21. The van der Waals surface area contributed by atoms with Gasteiger partial charge in [0.25, 0.3) is 0 Å². The number of carbonyl (C=O) groups is 1. The van der Waals surface area contributed by atoms with Crippen LogP contribution in [-0.4, -0.2) is 12.9 Å². The molecule has 2 aromatic rings. The molecule has 3 nitrogen and oxygen atoms in total. The van der Waals surface area contributed by atoms with Crippen LogP contribution in [0.1, 0.15) is 22.0 Å². The van der Waals surface area contributed by atoms with E-state index < -0.39 is 17.6 Å². The first-order valence-corrected chi connectivity index (χ1v) is 5.81. The fraction of sp³-hybridized carbons (Fsp3) is 0.133. The lowest BCUT2D eigenvalue weighted by Gasteiger charge is -2.12. The van der Waals surface area contributed by atoms with Crippen molar-refractivity contribution in [3.05, 3.63) is 65.5 Å². The van der Waals surface area contributed by atoms with Crippen LogP contribution in [0.25, 0.3) is 0 Å². The third-order valence-corrected chi connectivity index (χ3v) is 2.88. The van der Waals surface area contributed by atoms with Crippen LogP contribution in [0.15, 0.2) is 48.5 Å². The summed E-state index contributed by atoms with van der Waals surface area (Å²) >= 11 is 0. The summed E-state index contributed by atoms with van der Waals surface area (Å²) < 4.78 is 18.7. The number of hydrogen-bond acceptors (Lipinski definition) is 3. The molecular formula is C15H14FNO2. The number of carbonyl (C=O) groups excluding carboxylic acids is 1. The van der Waals surface area contributed by atoms with Crippen LogP contribution in [0.5, 0.6) is 5.75 Å². The first-order chi connectivity index (χ1) is 9.13. The molecule has 0 aliphatic carbocycles. The second kappa shape index (κ2) is 5.63. The molecule has 0 saturated heterocycles. The third-order valence-electron chi connectivity index (χ3n) is 2.88. The van der Waals surface area contributed by atoms with Gasteiger partial charge in [-0.25, -0.2) is 4.39 Å². The molecule has 0 amide bonds. The Morgan fingerprint density at radius 2 is 1.89 bits per heavy atom. The summed E-state index contributed by atoms with van der Waals surface area (Å²) in [5.41, 5.74) is 6.49. The monoisotopic (exact) mass is 259 g/mol. The molecule has 0 unspecified atom stereocenters. The molecular weight excluding hydrogens is 245 g/mol. The summed E-state index contributed by atoms with van der Waals surface area (Å²) in [5.74, 6) is -0.718. The second-order valence-electron chi connectivity index (χ2n) is 4.10. The fourth-order valence-corrected chi connectivity index (χ4v) is 1.80. The number of methoxy groups -OCH3 is 1. The number of halogens is 1. The van der Waals surface area contributed by atoms with Crippen molar-refractivity contribution < 1.29 is 13.9 Å². The summed E-state index contributed by atoms with van der Waals surface area (Å²) in [7, 11) is 1.44. The summed E-state index contributed by atoms with van der Waals surface area (Å²) in [6.45, 7) is 0. The molecule has 2 aromatic carbocycles. The summed E-state index contributed by atoms with van der Waals surface area (Å²) in [6, 6.07) is 12.1. The Bertz CT molecular complexity index is 584. The van der Waals surface area contributed by atoms with Gasteiger partial charge in [-0.1, -0.05) is 30.3 Å². The highest BCUT2D eigenvalue weighted by Gasteiger charge is 2.20. The molecule has 2 N–H and O–H groups in total. The van der Waals surface area contributed by atoms with E-state index in [0.717, 1.165) is 0 Å². The van der Waals surface area contributed by atoms with Crippen LogP contribution in [0, 0.1) is 5.82 Å². The van der Waals surface area contributed by atoms with E-state index in [4.69, 9.17) is 10.5 Å². The fourth-order valence-electron chi connectivity index (χ4n) is 1.80. The maximum Gasteiger partial charge on any atom is 0.186 e. The number of ether oxygens (including phenoxy) is 1. The van der Waals surface area contributed by atoms with Crippen LogP contribution in [0.4, 0.5) is 4.39 Å². The Morgan fingerprint density at radius 1 is 1.21 bits per heavy atom. The Hall–Kier alpha value is -2.20. The van der Waals surface area contributed by atoms with E-state index in [1.165, 1.54) is 25.3 Å². The van der Waals surface area contributed by atoms with Gasteiger partial charge < -0.3 is 10.5 Å². The molecule has 1 atom stereocenters. The molecule has 2 rings (SSSR count). The molecule has 0 aliphatic rings. The normalized spacial score (nSPS) is 11.9. The van der Waals surface area contributed by atoms with E-state index in [-0.39, 0.29) is 5.56 Å². The zero-order chi connectivity index (χ0) is 13.8. The number of Topliss-reactive ketones (excluding diaryl/α,β-unsaturated/α-hetero) is 1. The number of rotatable bonds is 4. The van der Waals surface area contributed by atoms with E-state index >= 15 is 0 Å². The minimum atomic E-state index is -0.871. The molecule has 0 fully saturated rings. The van der Waals surface area contributed by atoms with Crippen LogP contribution in [0.2, 0.25) is 0 Å². The van der Waals surface area contributed by atoms with E-state index in [1.54, 1.807) is 24.3 Å². The van der Waals surface area contributed by atoms with Gasteiger partial charge in [-0.15, -0.1) is 0 Å². The third kappa shape index (κ3) is 2.80.